The van der Waals surface area contributed by atoms with Gasteiger partial charge in [-0.3, -0.25) is 14.5 Å². The van der Waals surface area contributed by atoms with E-state index in [9.17, 15) is 29.7 Å². The molecule has 0 spiro atoms. The minimum absolute atomic E-state index is 0. The first kappa shape index (κ1) is 34.2. The number of nitrogens with two attached hydrogens (primary N) is 1. The number of aryl methyl sites for hydroxylation is 1. The number of oxime groups is 1. The smallest absolute Gasteiger partial charge is 0.870 e. The fraction of sp³-hybridized carbons (Fsp3) is 0.240. The van der Waals surface area contributed by atoms with E-state index in [1.54, 1.807) is 7.05 Å². The van der Waals surface area contributed by atoms with Gasteiger partial charge in [0, 0.05) is 35.6 Å². The molecule has 18 nitrogen and oxygen atoms in total. The van der Waals surface area contributed by atoms with Crippen molar-refractivity contribution in [3.63, 3.8) is 0 Å². The number of carbonyl (C=O) groups excluding carboxylic acids is 2. The molecule has 2 aliphatic rings. The van der Waals surface area contributed by atoms with E-state index in [2.05, 4.69) is 36.1 Å². The third-order valence-electron chi connectivity index (χ3n) is 6.65. The van der Waals surface area contributed by atoms with Crippen LogP contribution < -0.4 is 45.7 Å². The Hall–Kier alpha value is -4.15. The predicted octanol–water partition coefficient (Wildman–Crippen LogP) is -2.86. The van der Waals surface area contributed by atoms with Crippen LogP contribution in [0.3, 0.4) is 0 Å². The summed E-state index contributed by atoms with van der Waals surface area (Å²) in [5.41, 5.74) is 6.71. The van der Waals surface area contributed by atoms with Gasteiger partial charge in [-0.05, 0) is 22.1 Å². The van der Waals surface area contributed by atoms with Crippen molar-refractivity contribution in [1.29, 1.82) is 0 Å². The number of carboxylic acids is 1. The van der Waals surface area contributed by atoms with Crippen LogP contribution in [0.25, 0.3) is 11.3 Å². The van der Waals surface area contributed by atoms with Gasteiger partial charge in [-0.1, -0.05) is 40.0 Å². The fourth-order valence-corrected chi connectivity index (χ4v) is 7.34. The van der Waals surface area contributed by atoms with Gasteiger partial charge in [0.15, 0.2) is 23.2 Å². The van der Waals surface area contributed by atoms with E-state index in [4.69, 9.17) is 15.1 Å². The number of aromatic hydroxyl groups is 1. The molecule has 0 aliphatic carbocycles. The summed E-state index contributed by atoms with van der Waals surface area (Å²) in [5.74, 6) is -2.88. The molecule has 1 fully saturated rings. The minimum atomic E-state index is -1.27. The molecule has 6 rings (SSSR count). The summed E-state index contributed by atoms with van der Waals surface area (Å²) in [6.45, 7) is -0.262. The Labute approximate surface area is 298 Å². The normalized spacial score (nSPS) is 17.5. The quantitative estimate of drug-likeness (QED) is 0.0401. The van der Waals surface area contributed by atoms with Crippen molar-refractivity contribution in [2.45, 2.75) is 23.2 Å². The maximum Gasteiger partial charge on any atom is 1.00 e. The number of fused-ring (bicyclic) bond motifs is 1. The number of carboxylic acid groups (broad SMARTS) is 1. The third kappa shape index (κ3) is 7.09. The predicted molar refractivity (Wildman–Crippen MR) is 160 cm³/mol. The summed E-state index contributed by atoms with van der Waals surface area (Å²) in [5, 5.41) is 54.2. The number of hydrogen-bond donors (Lipinski definition) is 4. The van der Waals surface area contributed by atoms with Crippen molar-refractivity contribution in [3.8, 4) is 22.8 Å². The number of nitrogens with one attached hydrogen (secondary N) is 1. The summed E-state index contributed by atoms with van der Waals surface area (Å²) in [6, 6.07) is 4.37. The van der Waals surface area contributed by atoms with Gasteiger partial charge >= 0.3 is 35.5 Å². The van der Waals surface area contributed by atoms with Crippen LogP contribution in [-0.4, -0.2) is 91.9 Å². The molecule has 0 unspecified atom stereocenters. The van der Waals surface area contributed by atoms with Crippen molar-refractivity contribution >= 4 is 63.5 Å². The second-order valence-corrected chi connectivity index (χ2v) is 12.6. The molecule has 5 heterocycles. The van der Waals surface area contributed by atoms with Gasteiger partial charge in [-0.2, -0.15) is 0 Å². The molecule has 1 aromatic carbocycles. The van der Waals surface area contributed by atoms with E-state index in [0.717, 1.165) is 16.2 Å². The number of rotatable bonds is 11. The number of thioether (sulfide) groups is 2. The molecule has 2 amide bonds. The average molecular weight is 709 g/mol. The van der Waals surface area contributed by atoms with Crippen LogP contribution in [0, 0.1) is 0 Å². The standard InChI is InChI=1S/C25H22N10O8S3.Na/c1-34-25(29-32-33-34)46-8-11-7-44-22-18(21(39)35(22)19(11)23(40)41)28-20(38)17(14-9-45-24(26)27-14)31-42-6-12-5-13(30-43-12)10-2-3-15(36)16(37)4-10;/h2-5,9,18,22,36-37H,6-8H2,1H3,(H2,26,27)(H,28,38)(H,40,41);/q;+1/p-1/b31-17+;/t18-,22-;/m1./s1. The number of aliphatic carboxylic acids is 1. The van der Waals surface area contributed by atoms with Crippen molar-refractivity contribution in [2.75, 3.05) is 17.2 Å². The second kappa shape index (κ2) is 14.3. The number of anilines is 1. The Bertz CT molecular complexity index is 1910. The van der Waals surface area contributed by atoms with Gasteiger partial charge in [0.2, 0.25) is 5.16 Å². The number of thiazole rings is 1. The molecular weight excluding hydrogens is 688 g/mol. The molecule has 5 N–H and O–H groups in total. The largest absolute Gasteiger partial charge is 1.00 e. The fourth-order valence-electron chi connectivity index (χ4n) is 4.45. The van der Waals surface area contributed by atoms with E-state index in [1.165, 1.54) is 57.9 Å². The first-order valence-corrected chi connectivity index (χ1v) is 16.0. The monoisotopic (exact) mass is 708 g/mol. The zero-order valence-corrected chi connectivity index (χ0v) is 28.8. The van der Waals surface area contributed by atoms with Gasteiger partial charge in [-0.15, -0.1) is 28.2 Å². The molecule has 4 aromatic rings. The average Bonchev–Trinajstić information content (AvgIpc) is 3.79. The van der Waals surface area contributed by atoms with Crippen molar-refractivity contribution in [3.05, 3.63) is 52.4 Å². The molecular formula is C25H21N10NaO8S3. The van der Waals surface area contributed by atoms with Crippen LogP contribution in [0.5, 0.6) is 11.5 Å². The molecule has 238 valence electrons. The summed E-state index contributed by atoms with van der Waals surface area (Å²) in [4.78, 5) is 49.4. The minimum Gasteiger partial charge on any atom is -0.870 e. The molecule has 1 saturated heterocycles. The summed E-state index contributed by atoms with van der Waals surface area (Å²) in [7, 11) is 1.66. The molecule has 0 radical (unpaired) electrons. The zero-order chi connectivity index (χ0) is 32.5. The number of aromatic nitrogens is 6. The van der Waals surface area contributed by atoms with Gasteiger partial charge in [0.05, 0.1) is 0 Å². The third-order valence-corrected chi connectivity index (χ3v) is 9.76. The maximum atomic E-state index is 13.4. The zero-order valence-electron chi connectivity index (χ0n) is 24.4. The topological polar surface area (TPSA) is 260 Å². The SMILES string of the molecule is Cn1nnnc1SCC1=C(C(=O)O)N2C(=O)[C@@H](NC(=O)/C(=N/OCc3cc(-c4ccc([O-])c(O)c4)no3)c3csc(N)n3)[C@H]2SC1.[Na+]. The molecule has 2 atom stereocenters. The van der Waals surface area contributed by atoms with E-state index >= 15 is 0 Å². The van der Waals surface area contributed by atoms with Crippen molar-refractivity contribution < 1.29 is 68.6 Å². The van der Waals surface area contributed by atoms with Gasteiger partial charge in [0.1, 0.15) is 34.3 Å². The number of phenolic OH excluding ortho intramolecular Hbond substituents is 1. The molecule has 47 heavy (non-hydrogen) atoms. The number of amides is 2. The van der Waals surface area contributed by atoms with Crippen LogP contribution in [0.4, 0.5) is 5.13 Å². The van der Waals surface area contributed by atoms with Crippen molar-refractivity contribution in [2.24, 2.45) is 12.2 Å². The molecule has 3 aromatic heterocycles. The molecule has 2 aliphatic heterocycles. The van der Waals surface area contributed by atoms with Crippen LogP contribution >= 0.6 is 34.9 Å². The Kier molecular flexibility index (Phi) is 10.4. The van der Waals surface area contributed by atoms with Gasteiger partial charge in [0.25, 0.3) is 11.8 Å². The Morgan fingerprint density at radius 1 is 1.34 bits per heavy atom. The number of nitrogen functional groups attached to an aromatic ring is 1. The number of benzene rings is 1. The van der Waals surface area contributed by atoms with Crippen LogP contribution in [0.1, 0.15) is 11.5 Å². The van der Waals surface area contributed by atoms with Crippen molar-refractivity contribution in [1.82, 2.24) is 40.6 Å². The van der Waals surface area contributed by atoms with E-state index in [1.807, 2.05) is 0 Å². The Balaban J connectivity index is 0.00000433. The molecule has 22 heteroatoms. The molecule has 0 saturated carbocycles. The first-order valence-electron chi connectivity index (χ1n) is 13.0. The second-order valence-electron chi connectivity index (χ2n) is 9.64. The first-order chi connectivity index (χ1) is 22.1. The van der Waals surface area contributed by atoms with Crippen LogP contribution in [0.2, 0.25) is 0 Å². The Morgan fingerprint density at radius 3 is 2.83 bits per heavy atom. The van der Waals surface area contributed by atoms with Gasteiger partial charge in [-0.25, -0.2) is 14.5 Å². The summed E-state index contributed by atoms with van der Waals surface area (Å²) in [6.07, 6.45) is 0. The number of carbonyl (C=O) groups is 3. The summed E-state index contributed by atoms with van der Waals surface area (Å²) >= 11 is 3.61. The number of phenols is 1. The number of nitrogens with zero attached hydrogens (tertiary/aromatic N) is 8. The number of hydrogen-bond acceptors (Lipinski definition) is 17. The van der Waals surface area contributed by atoms with E-state index < -0.39 is 40.7 Å². The summed E-state index contributed by atoms with van der Waals surface area (Å²) < 4.78 is 6.69. The van der Waals surface area contributed by atoms with Crippen LogP contribution in [-0.2, 0) is 32.9 Å². The maximum absolute atomic E-state index is 13.4. The van der Waals surface area contributed by atoms with Crippen LogP contribution in [0.15, 0.2) is 55.8 Å². The van der Waals surface area contributed by atoms with E-state index in [0.29, 0.717) is 27.7 Å². The Morgan fingerprint density at radius 2 is 2.15 bits per heavy atom. The van der Waals surface area contributed by atoms with E-state index in [-0.39, 0.29) is 69.9 Å². The number of β-lactam (4-membered cyclic amide) rings is 1. The van der Waals surface area contributed by atoms with Gasteiger partial charge < -0.3 is 35.7 Å². The molecule has 0 bridgehead atoms. The number of tetrazole rings is 1.